The van der Waals surface area contributed by atoms with Gasteiger partial charge in [-0.1, -0.05) is 121 Å². The zero-order chi connectivity index (χ0) is 25.7. The minimum Gasteiger partial charge on any atom is -0.481 e. The zero-order valence-electron chi connectivity index (χ0n) is 23.3. The summed E-state index contributed by atoms with van der Waals surface area (Å²) in [7, 11) is 0. The van der Waals surface area contributed by atoms with Crippen molar-refractivity contribution in [3.05, 3.63) is 29.8 Å². The summed E-state index contributed by atoms with van der Waals surface area (Å²) in [6.45, 7) is 2.26. The van der Waals surface area contributed by atoms with Crippen LogP contribution in [-0.4, -0.2) is 28.9 Å². The van der Waals surface area contributed by atoms with Crippen molar-refractivity contribution in [3.8, 4) is 0 Å². The molecule has 0 saturated heterocycles. The van der Waals surface area contributed by atoms with Crippen molar-refractivity contribution in [2.45, 2.75) is 159 Å². The summed E-state index contributed by atoms with van der Waals surface area (Å²) in [6.07, 6.45) is 28.2. The molecule has 2 saturated carbocycles. The molecule has 4 heteroatoms. The summed E-state index contributed by atoms with van der Waals surface area (Å²) in [5.41, 5.74) is 0.942. The summed E-state index contributed by atoms with van der Waals surface area (Å²) >= 11 is 1.80. The minimum atomic E-state index is -0.753. The van der Waals surface area contributed by atoms with Crippen LogP contribution >= 0.6 is 11.8 Å². The van der Waals surface area contributed by atoms with Crippen LogP contribution in [0.2, 0.25) is 0 Å². The predicted molar refractivity (Wildman–Crippen MR) is 157 cm³/mol. The van der Waals surface area contributed by atoms with Gasteiger partial charge in [0.25, 0.3) is 0 Å². The van der Waals surface area contributed by atoms with Gasteiger partial charge in [0.15, 0.2) is 0 Å². The number of unbranched alkanes of at least 4 members (excludes halogenated alkanes) is 9. The van der Waals surface area contributed by atoms with Gasteiger partial charge in [0.2, 0.25) is 0 Å². The highest BCUT2D eigenvalue weighted by atomic mass is 32.2. The number of hydrogen-bond acceptors (Lipinski definition) is 3. The third kappa shape index (κ3) is 15.3. The molecule has 3 nitrogen and oxygen atoms in total. The molecule has 0 bridgehead atoms. The lowest BCUT2D eigenvalue weighted by Gasteiger charge is -2.30. The first-order valence-corrected chi connectivity index (χ1v) is 16.4. The third-order valence-electron chi connectivity index (χ3n) is 7.75. The second-order valence-corrected chi connectivity index (χ2v) is 12.2. The number of thioether (sulfide) groups is 1. The van der Waals surface area contributed by atoms with Gasteiger partial charge in [0.05, 0.1) is 6.42 Å². The molecule has 2 aliphatic rings. The summed E-state index contributed by atoms with van der Waals surface area (Å²) in [5, 5.41) is 12.8. The van der Waals surface area contributed by atoms with Crippen LogP contribution in [-0.2, 0) is 11.2 Å². The average Bonchev–Trinajstić information content (AvgIpc) is 2.89. The lowest BCUT2D eigenvalue weighted by Crippen LogP contribution is -2.40. The van der Waals surface area contributed by atoms with Crippen LogP contribution in [0.4, 0.5) is 0 Å². The van der Waals surface area contributed by atoms with Crippen LogP contribution in [0.1, 0.15) is 141 Å². The minimum absolute atomic E-state index is 0.126. The monoisotopic (exact) mass is 517 g/mol. The highest BCUT2D eigenvalue weighted by molar-refractivity contribution is 7.99. The number of hydrogen-bond donors (Lipinski definition) is 2. The van der Waals surface area contributed by atoms with Crippen molar-refractivity contribution in [2.75, 3.05) is 5.75 Å². The number of carboxylic acids is 1. The Morgan fingerprint density at radius 2 is 1.28 bits per heavy atom. The predicted octanol–water partition coefficient (Wildman–Crippen LogP) is 9.57. The molecule has 0 heterocycles. The van der Waals surface area contributed by atoms with Gasteiger partial charge in [-0.2, -0.15) is 0 Å². The third-order valence-corrected chi connectivity index (χ3v) is 8.95. The van der Waals surface area contributed by atoms with E-state index in [1.807, 2.05) is 24.3 Å². The molecule has 0 unspecified atom stereocenters. The van der Waals surface area contributed by atoms with E-state index in [1.165, 1.54) is 128 Å². The van der Waals surface area contributed by atoms with E-state index in [0.717, 1.165) is 28.3 Å². The molecule has 0 aromatic heterocycles. The average molecular weight is 518 g/mol. The van der Waals surface area contributed by atoms with Gasteiger partial charge in [-0.25, -0.2) is 0 Å². The highest BCUT2D eigenvalue weighted by Gasteiger charge is 2.19. The fourth-order valence-corrected chi connectivity index (χ4v) is 6.67. The molecule has 2 fully saturated rings. The quantitative estimate of drug-likeness (QED) is 0.169. The second kappa shape index (κ2) is 21.0. The SMILES string of the molecule is C1CCC(NC2CCCCC2)CC1.CCCCCCCCCCCCSc1ccccc1CC(=O)O. The molecule has 3 rings (SSSR count). The van der Waals surface area contributed by atoms with Crippen LogP contribution in [0.3, 0.4) is 0 Å². The maximum Gasteiger partial charge on any atom is 0.307 e. The molecule has 2 N–H and O–H groups in total. The molecule has 0 amide bonds. The molecule has 0 atom stereocenters. The summed E-state index contributed by atoms with van der Waals surface area (Å²) in [5.74, 6) is 0.338. The number of rotatable bonds is 16. The standard InChI is InChI=1S/C20H32O2S.C12H23N/c1-2-3-4-5-6-7-8-9-10-13-16-23-19-15-12-11-14-18(19)17-20(21)22;1-3-7-11(8-4-1)13-12-9-5-2-6-10-12/h11-12,14-15H,2-10,13,16-17H2,1H3,(H,21,22);11-13H,1-10H2. The molecule has 1 aromatic rings. The fraction of sp³-hybridized carbons (Fsp3) is 0.781. The second-order valence-electron chi connectivity index (χ2n) is 11.0. The Morgan fingerprint density at radius 3 is 1.81 bits per heavy atom. The van der Waals surface area contributed by atoms with Crippen molar-refractivity contribution in [1.29, 1.82) is 0 Å². The van der Waals surface area contributed by atoms with E-state index in [0.29, 0.717) is 0 Å². The first-order valence-electron chi connectivity index (χ1n) is 15.4. The molecular weight excluding hydrogens is 462 g/mol. The maximum absolute atomic E-state index is 10.9. The first kappa shape index (κ1) is 31.2. The molecule has 36 heavy (non-hydrogen) atoms. The van der Waals surface area contributed by atoms with Crippen LogP contribution in [0.15, 0.2) is 29.2 Å². The lowest BCUT2D eigenvalue weighted by molar-refractivity contribution is -0.136. The van der Waals surface area contributed by atoms with Gasteiger partial charge in [-0.3, -0.25) is 4.79 Å². The van der Waals surface area contributed by atoms with Crippen molar-refractivity contribution >= 4 is 17.7 Å². The lowest BCUT2D eigenvalue weighted by atomic mass is 9.91. The Kier molecular flexibility index (Phi) is 18.2. The molecule has 0 spiro atoms. The number of carboxylic acid groups (broad SMARTS) is 1. The van der Waals surface area contributed by atoms with Gasteiger partial charge in [-0.05, 0) is 49.5 Å². The fourth-order valence-electron chi connectivity index (χ4n) is 5.60. The molecule has 0 aliphatic heterocycles. The van der Waals surface area contributed by atoms with E-state index in [2.05, 4.69) is 12.2 Å². The Hall–Kier alpha value is -1.00. The van der Waals surface area contributed by atoms with Crippen LogP contribution < -0.4 is 5.32 Å². The Morgan fingerprint density at radius 1 is 0.778 bits per heavy atom. The van der Waals surface area contributed by atoms with Gasteiger partial charge >= 0.3 is 5.97 Å². The van der Waals surface area contributed by atoms with Gasteiger partial charge in [0, 0.05) is 17.0 Å². The molecule has 1 aromatic carbocycles. The van der Waals surface area contributed by atoms with Crippen molar-refractivity contribution < 1.29 is 9.90 Å². The van der Waals surface area contributed by atoms with E-state index in [4.69, 9.17) is 5.11 Å². The Balaban J connectivity index is 0.000000293. The number of nitrogens with one attached hydrogen (secondary N) is 1. The van der Waals surface area contributed by atoms with Crippen molar-refractivity contribution in [1.82, 2.24) is 5.32 Å². The number of aliphatic carboxylic acids is 1. The van der Waals surface area contributed by atoms with Crippen molar-refractivity contribution in [2.24, 2.45) is 0 Å². The molecule has 0 radical (unpaired) electrons. The topological polar surface area (TPSA) is 49.3 Å². The molecule has 206 valence electrons. The Labute approximate surface area is 227 Å². The first-order chi connectivity index (χ1) is 17.7. The van der Waals surface area contributed by atoms with Crippen molar-refractivity contribution in [3.63, 3.8) is 0 Å². The van der Waals surface area contributed by atoms with Crippen LogP contribution in [0, 0.1) is 0 Å². The van der Waals surface area contributed by atoms with E-state index in [1.54, 1.807) is 11.8 Å². The maximum atomic E-state index is 10.9. The summed E-state index contributed by atoms with van der Waals surface area (Å²) < 4.78 is 0. The van der Waals surface area contributed by atoms with Crippen LogP contribution in [0.25, 0.3) is 0 Å². The summed E-state index contributed by atoms with van der Waals surface area (Å²) in [4.78, 5) is 12.0. The zero-order valence-corrected chi connectivity index (χ0v) is 24.1. The molecule has 2 aliphatic carbocycles. The highest BCUT2D eigenvalue weighted by Crippen LogP contribution is 2.25. The van der Waals surface area contributed by atoms with E-state index < -0.39 is 5.97 Å². The van der Waals surface area contributed by atoms with Crippen LogP contribution in [0.5, 0.6) is 0 Å². The van der Waals surface area contributed by atoms with Gasteiger partial charge in [-0.15, -0.1) is 11.8 Å². The van der Waals surface area contributed by atoms with Gasteiger partial charge < -0.3 is 10.4 Å². The van der Waals surface area contributed by atoms with E-state index >= 15 is 0 Å². The number of benzene rings is 1. The Bertz CT molecular complexity index is 652. The largest absolute Gasteiger partial charge is 0.481 e. The normalized spacial score (nSPS) is 16.9. The van der Waals surface area contributed by atoms with E-state index in [9.17, 15) is 4.79 Å². The number of carbonyl (C=O) groups is 1. The van der Waals surface area contributed by atoms with Gasteiger partial charge in [0.1, 0.15) is 0 Å². The van der Waals surface area contributed by atoms with E-state index in [-0.39, 0.29) is 6.42 Å². The molecular formula is C32H55NO2S. The summed E-state index contributed by atoms with van der Waals surface area (Å²) in [6, 6.07) is 9.62. The smallest absolute Gasteiger partial charge is 0.307 e.